The molecule has 98 valence electrons. The number of piperidine rings is 1. The molecular formula is C14H19FN2O. The third-order valence-electron chi connectivity index (χ3n) is 3.32. The van der Waals surface area contributed by atoms with Crippen LogP contribution in [0.3, 0.4) is 0 Å². The number of halogens is 1. The molecule has 18 heavy (non-hydrogen) atoms. The van der Waals surface area contributed by atoms with Gasteiger partial charge in [0.25, 0.3) is 0 Å². The Labute approximate surface area is 107 Å². The van der Waals surface area contributed by atoms with E-state index < -0.39 is 0 Å². The van der Waals surface area contributed by atoms with Crippen molar-refractivity contribution in [1.82, 2.24) is 5.32 Å². The molecule has 0 spiro atoms. The SMILES string of the molecule is Cc1ccc(F)cc1NC(=O)CC1CCCCN1. The predicted molar refractivity (Wildman–Crippen MR) is 70.0 cm³/mol. The Morgan fingerprint density at radius 3 is 3.06 bits per heavy atom. The lowest BCUT2D eigenvalue weighted by atomic mass is 10.0. The molecule has 1 aromatic carbocycles. The van der Waals surface area contributed by atoms with E-state index in [1.54, 1.807) is 6.07 Å². The van der Waals surface area contributed by atoms with Crippen LogP contribution >= 0.6 is 0 Å². The minimum absolute atomic E-state index is 0.0527. The summed E-state index contributed by atoms with van der Waals surface area (Å²) in [4.78, 5) is 11.9. The van der Waals surface area contributed by atoms with Crippen molar-refractivity contribution >= 4 is 11.6 Å². The average Bonchev–Trinajstić information content (AvgIpc) is 2.35. The van der Waals surface area contributed by atoms with Crippen LogP contribution in [-0.2, 0) is 4.79 Å². The Bertz CT molecular complexity index is 428. The molecule has 1 atom stereocenters. The van der Waals surface area contributed by atoms with Crippen molar-refractivity contribution in [3.05, 3.63) is 29.6 Å². The van der Waals surface area contributed by atoms with Crippen LogP contribution in [0.2, 0.25) is 0 Å². The Balaban J connectivity index is 1.92. The predicted octanol–water partition coefficient (Wildman–Crippen LogP) is 2.60. The molecule has 1 aromatic rings. The Morgan fingerprint density at radius 1 is 1.50 bits per heavy atom. The van der Waals surface area contributed by atoms with Gasteiger partial charge in [-0.2, -0.15) is 0 Å². The first-order valence-electron chi connectivity index (χ1n) is 6.44. The summed E-state index contributed by atoms with van der Waals surface area (Å²) < 4.78 is 13.1. The van der Waals surface area contributed by atoms with Crippen LogP contribution in [0.4, 0.5) is 10.1 Å². The number of hydrogen-bond donors (Lipinski definition) is 2. The largest absolute Gasteiger partial charge is 0.326 e. The van der Waals surface area contributed by atoms with E-state index in [1.165, 1.54) is 25.0 Å². The molecule has 1 aliphatic rings. The van der Waals surface area contributed by atoms with Crippen LogP contribution in [0.5, 0.6) is 0 Å². The van der Waals surface area contributed by atoms with E-state index in [1.807, 2.05) is 6.92 Å². The number of rotatable bonds is 3. The highest BCUT2D eigenvalue weighted by Gasteiger charge is 2.16. The van der Waals surface area contributed by atoms with Gasteiger partial charge in [-0.1, -0.05) is 12.5 Å². The monoisotopic (exact) mass is 250 g/mol. The molecular weight excluding hydrogens is 231 g/mol. The molecule has 1 unspecified atom stereocenters. The molecule has 0 aromatic heterocycles. The minimum Gasteiger partial charge on any atom is -0.326 e. The second-order valence-electron chi connectivity index (χ2n) is 4.86. The van der Waals surface area contributed by atoms with Gasteiger partial charge in [-0.05, 0) is 44.0 Å². The summed E-state index contributed by atoms with van der Waals surface area (Å²) in [7, 11) is 0. The lowest BCUT2D eigenvalue weighted by molar-refractivity contribution is -0.116. The van der Waals surface area contributed by atoms with Crippen molar-refractivity contribution in [2.75, 3.05) is 11.9 Å². The number of benzene rings is 1. The molecule has 1 aliphatic heterocycles. The van der Waals surface area contributed by atoms with Gasteiger partial charge in [-0.15, -0.1) is 0 Å². The number of amides is 1. The summed E-state index contributed by atoms with van der Waals surface area (Å²) in [5.74, 6) is -0.380. The van der Waals surface area contributed by atoms with Gasteiger partial charge in [0.05, 0.1) is 0 Å². The van der Waals surface area contributed by atoms with Crippen molar-refractivity contribution in [2.45, 2.75) is 38.6 Å². The molecule has 1 saturated heterocycles. The molecule has 0 radical (unpaired) electrons. The van der Waals surface area contributed by atoms with E-state index in [0.717, 1.165) is 18.5 Å². The number of carbonyl (C=O) groups is 1. The highest BCUT2D eigenvalue weighted by Crippen LogP contribution is 2.17. The van der Waals surface area contributed by atoms with Gasteiger partial charge in [-0.25, -0.2) is 4.39 Å². The van der Waals surface area contributed by atoms with Crippen LogP contribution in [0.1, 0.15) is 31.2 Å². The second-order valence-corrected chi connectivity index (χ2v) is 4.86. The fourth-order valence-corrected chi connectivity index (χ4v) is 2.25. The Hall–Kier alpha value is -1.42. The first kappa shape index (κ1) is 13.0. The lowest BCUT2D eigenvalue weighted by Crippen LogP contribution is -2.37. The highest BCUT2D eigenvalue weighted by molar-refractivity contribution is 5.91. The number of anilines is 1. The quantitative estimate of drug-likeness (QED) is 0.865. The lowest BCUT2D eigenvalue weighted by Gasteiger charge is -2.23. The maximum Gasteiger partial charge on any atom is 0.225 e. The molecule has 1 amide bonds. The Morgan fingerprint density at radius 2 is 2.33 bits per heavy atom. The molecule has 2 rings (SSSR count). The zero-order valence-corrected chi connectivity index (χ0v) is 10.6. The molecule has 4 heteroatoms. The van der Waals surface area contributed by atoms with E-state index in [-0.39, 0.29) is 17.8 Å². The molecule has 2 N–H and O–H groups in total. The maximum atomic E-state index is 13.1. The van der Waals surface area contributed by atoms with Gasteiger partial charge in [0.15, 0.2) is 0 Å². The van der Waals surface area contributed by atoms with E-state index in [4.69, 9.17) is 0 Å². The van der Waals surface area contributed by atoms with Crippen molar-refractivity contribution < 1.29 is 9.18 Å². The van der Waals surface area contributed by atoms with Crippen molar-refractivity contribution in [2.24, 2.45) is 0 Å². The Kier molecular flexibility index (Phi) is 4.31. The molecule has 0 bridgehead atoms. The van der Waals surface area contributed by atoms with Crippen LogP contribution in [0.15, 0.2) is 18.2 Å². The van der Waals surface area contributed by atoms with Gasteiger partial charge in [0, 0.05) is 18.2 Å². The normalized spacial score (nSPS) is 19.6. The first-order chi connectivity index (χ1) is 8.65. The summed E-state index contributed by atoms with van der Waals surface area (Å²) in [6, 6.07) is 4.69. The number of nitrogens with one attached hydrogen (secondary N) is 2. The molecule has 0 aliphatic carbocycles. The van der Waals surface area contributed by atoms with Crippen LogP contribution in [0, 0.1) is 12.7 Å². The van der Waals surface area contributed by atoms with Gasteiger partial charge in [-0.3, -0.25) is 4.79 Å². The van der Waals surface area contributed by atoms with E-state index in [2.05, 4.69) is 10.6 Å². The third kappa shape index (κ3) is 3.53. The summed E-state index contributed by atoms with van der Waals surface area (Å²) in [5.41, 5.74) is 1.44. The fourth-order valence-electron chi connectivity index (χ4n) is 2.25. The molecule has 1 fully saturated rings. The van der Waals surface area contributed by atoms with Gasteiger partial charge >= 0.3 is 0 Å². The molecule has 0 saturated carbocycles. The fraction of sp³-hybridized carbons (Fsp3) is 0.500. The zero-order valence-electron chi connectivity index (χ0n) is 10.6. The maximum absolute atomic E-state index is 13.1. The summed E-state index contributed by atoms with van der Waals surface area (Å²) >= 11 is 0. The average molecular weight is 250 g/mol. The van der Waals surface area contributed by atoms with Gasteiger partial charge in [0.1, 0.15) is 5.82 Å². The summed E-state index contributed by atoms with van der Waals surface area (Å²) in [6.07, 6.45) is 3.84. The second kappa shape index (κ2) is 5.96. The number of aryl methyl sites for hydroxylation is 1. The molecule has 1 heterocycles. The third-order valence-corrected chi connectivity index (χ3v) is 3.32. The van der Waals surface area contributed by atoms with Crippen molar-refractivity contribution in [3.63, 3.8) is 0 Å². The highest BCUT2D eigenvalue weighted by atomic mass is 19.1. The summed E-state index contributed by atoms with van der Waals surface area (Å²) in [6.45, 7) is 2.84. The van der Waals surface area contributed by atoms with Crippen LogP contribution < -0.4 is 10.6 Å². The topological polar surface area (TPSA) is 41.1 Å². The number of hydrogen-bond acceptors (Lipinski definition) is 2. The van der Waals surface area contributed by atoms with Gasteiger partial charge < -0.3 is 10.6 Å². The summed E-state index contributed by atoms with van der Waals surface area (Å²) in [5, 5.41) is 6.11. The molecule has 3 nitrogen and oxygen atoms in total. The standard InChI is InChI=1S/C14H19FN2O/c1-10-5-6-11(15)8-13(10)17-14(18)9-12-4-2-3-7-16-12/h5-6,8,12,16H,2-4,7,9H2,1H3,(H,17,18). The van der Waals surface area contributed by atoms with E-state index in [0.29, 0.717) is 12.1 Å². The smallest absolute Gasteiger partial charge is 0.225 e. The van der Waals surface area contributed by atoms with Crippen LogP contribution in [0.25, 0.3) is 0 Å². The minimum atomic E-state index is -0.327. The van der Waals surface area contributed by atoms with Gasteiger partial charge in [0.2, 0.25) is 5.91 Å². The van der Waals surface area contributed by atoms with Crippen molar-refractivity contribution in [3.8, 4) is 0 Å². The zero-order chi connectivity index (χ0) is 13.0. The first-order valence-corrected chi connectivity index (χ1v) is 6.44. The van der Waals surface area contributed by atoms with Crippen LogP contribution in [-0.4, -0.2) is 18.5 Å². The van der Waals surface area contributed by atoms with E-state index >= 15 is 0 Å². The van der Waals surface area contributed by atoms with Crippen molar-refractivity contribution in [1.29, 1.82) is 0 Å². The number of carbonyl (C=O) groups excluding carboxylic acids is 1. The van der Waals surface area contributed by atoms with E-state index in [9.17, 15) is 9.18 Å².